The van der Waals surface area contributed by atoms with E-state index in [-0.39, 0.29) is 0 Å². The van der Waals surface area contributed by atoms with Crippen LogP contribution in [-0.2, 0) is 11.9 Å². The predicted octanol–water partition coefficient (Wildman–Crippen LogP) is 4.13. The predicted molar refractivity (Wildman–Crippen MR) is 96.3 cm³/mol. The Kier molecular flexibility index (Phi) is 7.13. The monoisotopic (exact) mass is 396 g/mol. The summed E-state index contributed by atoms with van der Waals surface area (Å²) in [6.07, 6.45) is 0. The third-order valence-electron chi connectivity index (χ3n) is 3.11. The van der Waals surface area contributed by atoms with Gasteiger partial charge in [0, 0.05) is 15.8 Å². The van der Waals surface area contributed by atoms with Crippen molar-refractivity contribution in [2.75, 3.05) is 0 Å². The minimum absolute atomic E-state index is 0.350. The number of aromatic nitrogens is 4. The summed E-state index contributed by atoms with van der Waals surface area (Å²) < 4.78 is 0. The van der Waals surface area contributed by atoms with Crippen molar-refractivity contribution >= 4 is 15.9 Å². The molecule has 1 heterocycles. The van der Waals surface area contributed by atoms with Gasteiger partial charge in [-0.1, -0.05) is 57.4 Å². The first-order valence-electron chi connectivity index (χ1n) is 7.15. The van der Waals surface area contributed by atoms with Crippen LogP contribution in [0.1, 0.15) is 16.7 Å². The summed E-state index contributed by atoms with van der Waals surface area (Å²) in [6.45, 7) is 0.350. The van der Waals surface area contributed by atoms with Gasteiger partial charge in [-0.05, 0) is 34.0 Å². The number of alkyl halides is 1. The molecule has 0 aliphatic carbocycles. The second kappa shape index (κ2) is 9.82. The third-order valence-corrected chi connectivity index (χ3v) is 3.76. The smallest absolute Gasteiger partial charge is 0.192 e. The highest BCUT2D eigenvalue weighted by atomic mass is 79.9. The maximum atomic E-state index is 8.44. The Bertz CT molecular complexity index is 860. The maximum Gasteiger partial charge on any atom is 0.204 e. The zero-order valence-electron chi connectivity index (χ0n) is 13.0. The summed E-state index contributed by atoms with van der Waals surface area (Å²) >= 11 is 3.32. The van der Waals surface area contributed by atoms with E-state index in [9.17, 15) is 0 Å². The highest BCUT2D eigenvalue weighted by molar-refractivity contribution is 9.08. The molecule has 8 nitrogen and oxygen atoms in total. The van der Waals surface area contributed by atoms with E-state index in [0.717, 1.165) is 16.5 Å². The van der Waals surface area contributed by atoms with Crippen molar-refractivity contribution in [3.63, 3.8) is 0 Å². The van der Waals surface area contributed by atoms with Gasteiger partial charge in [0.05, 0.1) is 18.2 Å². The van der Waals surface area contributed by atoms with E-state index in [0.29, 0.717) is 17.9 Å². The van der Waals surface area contributed by atoms with Gasteiger partial charge < -0.3 is 0 Å². The number of tetrazole rings is 1. The number of hydrogen-bond donors (Lipinski definition) is 1. The number of H-pyrrole nitrogens is 1. The molecular weight excluding hydrogens is 384 g/mol. The average Bonchev–Trinajstić information content (AvgIpc) is 3.22. The van der Waals surface area contributed by atoms with E-state index in [1.807, 2.05) is 48.5 Å². The standard InChI is InChI=1S/C8H6BrN.C8H7N7/c9-5-7-1-3-8(6-10)4-2-7;9-13-10-5-6-1-3-7(4-2-6)8-11-14-15-12-8/h1-4H,5H2;1-4H,5H2,(H,11,12,14,15). The van der Waals surface area contributed by atoms with Crippen LogP contribution in [0.25, 0.3) is 21.8 Å². The minimum atomic E-state index is 0.350. The molecule has 3 aromatic rings. The topological polar surface area (TPSA) is 127 Å². The molecule has 0 bridgehead atoms. The summed E-state index contributed by atoms with van der Waals surface area (Å²) in [4.78, 5) is 2.69. The first-order chi connectivity index (χ1) is 12.3. The zero-order valence-corrected chi connectivity index (χ0v) is 14.6. The van der Waals surface area contributed by atoms with Gasteiger partial charge in [0.1, 0.15) is 0 Å². The number of aromatic amines is 1. The van der Waals surface area contributed by atoms with Crippen molar-refractivity contribution in [1.82, 2.24) is 20.6 Å². The van der Waals surface area contributed by atoms with Crippen LogP contribution < -0.4 is 0 Å². The molecule has 0 atom stereocenters. The number of nitrogens with zero attached hydrogens (tertiary/aromatic N) is 7. The number of hydrogen-bond acceptors (Lipinski definition) is 5. The Labute approximate surface area is 152 Å². The van der Waals surface area contributed by atoms with Crippen LogP contribution in [0.5, 0.6) is 0 Å². The number of rotatable bonds is 4. The van der Waals surface area contributed by atoms with Gasteiger partial charge in [0.25, 0.3) is 0 Å². The Hall–Kier alpha value is -3.21. The van der Waals surface area contributed by atoms with Crippen LogP contribution in [0.15, 0.2) is 53.6 Å². The van der Waals surface area contributed by atoms with E-state index in [1.165, 1.54) is 5.56 Å². The number of nitriles is 1. The van der Waals surface area contributed by atoms with Crippen LogP contribution in [0.3, 0.4) is 0 Å². The molecule has 0 aliphatic heterocycles. The van der Waals surface area contributed by atoms with Gasteiger partial charge in [-0.3, -0.25) is 0 Å². The van der Waals surface area contributed by atoms with E-state index < -0.39 is 0 Å². The Morgan fingerprint density at radius 1 is 1.12 bits per heavy atom. The number of benzene rings is 2. The van der Waals surface area contributed by atoms with E-state index in [2.05, 4.69) is 52.6 Å². The van der Waals surface area contributed by atoms with Gasteiger partial charge in [0.2, 0.25) is 5.82 Å². The number of azide groups is 1. The second-order valence-electron chi connectivity index (χ2n) is 4.76. The van der Waals surface area contributed by atoms with Crippen LogP contribution in [0.4, 0.5) is 0 Å². The van der Waals surface area contributed by atoms with Crippen molar-refractivity contribution in [3.05, 3.63) is 75.7 Å². The van der Waals surface area contributed by atoms with Gasteiger partial charge in [-0.15, -0.1) is 10.2 Å². The Morgan fingerprint density at radius 3 is 2.32 bits per heavy atom. The van der Waals surface area contributed by atoms with Crippen LogP contribution in [-0.4, -0.2) is 20.6 Å². The molecule has 1 aromatic heterocycles. The molecule has 0 saturated carbocycles. The molecule has 0 amide bonds. The number of nitrogens with one attached hydrogen (secondary N) is 1. The molecule has 25 heavy (non-hydrogen) atoms. The van der Waals surface area contributed by atoms with Crippen LogP contribution in [0, 0.1) is 11.3 Å². The van der Waals surface area contributed by atoms with Gasteiger partial charge in [-0.25, -0.2) is 0 Å². The van der Waals surface area contributed by atoms with Crippen molar-refractivity contribution in [3.8, 4) is 17.5 Å². The van der Waals surface area contributed by atoms with E-state index in [4.69, 9.17) is 10.8 Å². The summed E-state index contributed by atoms with van der Waals surface area (Å²) in [5.41, 5.74) is 11.9. The van der Waals surface area contributed by atoms with Crippen molar-refractivity contribution < 1.29 is 0 Å². The molecule has 1 N–H and O–H groups in total. The molecule has 2 aromatic carbocycles. The van der Waals surface area contributed by atoms with Gasteiger partial charge in [0.15, 0.2) is 0 Å². The molecule has 0 aliphatic rings. The van der Waals surface area contributed by atoms with Gasteiger partial charge in [-0.2, -0.15) is 10.5 Å². The lowest BCUT2D eigenvalue weighted by molar-refractivity contribution is 0.881. The highest BCUT2D eigenvalue weighted by Gasteiger charge is 2.01. The minimum Gasteiger partial charge on any atom is -0.192 e. The van der Waals surface area contributed by atoms with Crippen molar-refractivity contribution in [1.29, 1.82) is 5.26 Å². The van der Waals surface area contributed by atoms with Crippen molar-refractivity contribution in [2.24, 2.45) is 5.11 Å². The largest absolute Gasteiger partial charge is 0.204 e. The molecule has 9 heteroatoms. The summed E-state index contributed by atoms with van der Waals surface area (Å²) in [5, 5.41) is 26.3. The summed E-state index contributed by atoms with van der Waals surface area (Å²) in [5.74, 6) is 0.547. The lowest BCUT2D eigenvalue weighted by Crippen LogP contribution is -1.83. The molecule has 0 fully saturated rings. The summed E-state index contributed by atoms with van der Waals surface area (Å²) in [6, 6.07) is 17.0. The maximum absolute atomic E-state index is 8.44. The Balaban J connectivity index is 0.000000196. The highest BCUT2D eigenvalue weighted by Crippen LogP contribution is 2.14. The number of halogens is 1. The van der Waals surface area contributed by atoms with E-state index in [1.54, 1.807) is 0 Å². The summed E-state index contributed by atoms with van der Waals surface area (Å²) in [7, 11) is 0. The Morgan fingerprint density at radius 2 is 1.80 bits per heavy atom. The fourth-order valence-corrected chi connectivity index (χ4v) is 2.20. The van der Waals surface area contributed by atoms with Crippen LogP contribution in [0.2, 0.25) is 0 Å². The molecule has 0 radical (unpaired) electrons. The zero-order chi connectivity index (χ0) is 17.9. The van der Waals surface area contributed by atoms with Crippen LogP contribution >= 0.6 is 15.9 Å². The lowest BCUT2D eigenvalue weighted by Gasteiger charge is -1.96. The lowest BCUT2D eigenvalue weighted by atomic mass is 10.1. The molecule has 3 rings (SSSR count). The first kappa shape index (κ1) is 18.1. The second-order valence-corrected chi connectivity index (χ2v) is 5.32. The third kappa shape index (κ3) is 5.73. The molecule has 0 spiro atoms. The fourth-order valence-electron chi connectivity index (χ4n) is 1.82. The molecule has 0 saturated heterocycles. The molecule has 124 valence electrons. The van der Waals surface area contributed by atoms with Gasteiger partial charge >= 0.3 is 0 Å². The molecular formula is C16H13BrN8. The average molecular weight is 397 g/mol. The first-order valence-corrected chi connectivity index (χ1v) is 8.27. The quantitative estimate of drug-likeness (QED) is 0.307. The SMILES string of the molecule is N#Cc1ccc(CBr)cc1.[N-]=[N+]=NCc1ccc(-c2nn[nH]n2)cc1. The fraction of sp³-hybridized carbons (Fsp3) is 0.125. The molecule has 0 unspecified atom stereocenters. The van der Waals surface area contributed by atoms with E-state index >= 15 is 0 Å². The van der Waals surface area contributed by atoms with Crippen molar-refractivity contribution in [2.45, 2.75) is 11.9 Å². The normalized spacial score (nSPS) is 9.28.